The largest absolute Gasteiger partial charge is 0.344 e. The first-order chi connectivity index (χ1) is 13.7. The van der Waals surface area contributed by atoms with Crippen molar-refractivity contribution in [3.05, 3.63) is 109 Å². The van der Waals surface area contributed by atoms with Gasteiger partial charge in [0.15, 0.2) is 0 Å². The Morgan fingerprint density at radius 3 is 2.54 bits per heavy atom. The van der Waals surface area contributed by atoms with Crippen molar-refractivity contribution >= 4 is 33.2 Å². The van der Waals surface area contributed by atoms with Crippen molar-refractivity contribution in [2.45, 2.75) is 6.42 Å². The van der Waals surface area contributed by atoms with E-state index in [1.54, 1.807) is 0 Å². The summed E-state index contributed by atoms with van der Waals surface area (Å²) < 4.78 is 2.26. The van der Waals surface area contributed by atoms with Crippen LogP contribution >= 0.6 is 0 Å². The smallest absolute Gasteiger partial charge is 0.0496 e. The number of allylic oxidation sites excluding steroid dienone is 4. The van der Waals surface area contributed by atoms with Gasteiger partial charge >= 0.3 is 0 Å². The van der Waals surface area contributed by atoms with Gasteiger partial charge in [-0.05, 0) is 48.4 Å². The van der Waals surface area contributed by atoms with E-state index in [0.717, 1.165) is 17.8 Å². The first-order valence-electron chi connectivity index (χ1n) is 9.61. The van der Waals surface area contributed by atoms with Crippen LogP contribution in [0.2, 0.25) is 0 Å². The lowest BCUT2D eigenvalue weighted by molar-refractivity contribution is 1.01. The molecule has 0 spiro atoms. The molecule has 136 valence electrons. The van der Waals surface area contributed by atoms with Gasteiger partial charge in [0.1, 0.15) is 0 Å². The number of hydrogen-bond donors (Lipinski definition) is 0. The van der Waals surface area contributed by atoms with Crippen LogP contribution in [0.3, 0.4) is 0 Å². The van der Waals surface area contributed by atoms with E-state index in [4.69, 9.17) is 0 Å². The fourth-order valence-electron chi connectivity index (χ4n) is 4.17. The number of aryl methyl sites for hydroxylation is 1. The zero-order valence-corrected chi connectivity index (χ0v) is 16.0. The highest BCUT2D eigenvalue weighted by Gasteiger charge is 2.17. The van der Waals surface area contributed by atoms with Crippen LogP contribution in [0.4, 0.5) is 11.4 Å². The van der Waals surface area contributed by atoms with Gasteiger partial charge in [-0.2, -0.15) is 0 Å². The van der Waals surface area contributed by atoms with Crippen LogP contribution in [0.5, 0.6) is 0 Å². The summed E-state index contributed by atoms with van der Waals surface area (Å²) in [6, 6.07) is 23.9. The van der Waals surface area contributed by atoms with Crippen LogP contribution in [0.25, 0.3) is 21.8 Å². The van der Waals surface area contributed by atoms with Crippen molar-refractivity contribution in [3.63, 3.8) is 0 Å². The van der Waals surface area contributed by atoms with E-state index in [0.29, 0.717) is 0 Å². The zero-order valence-electron chi connectivity index (χ0n) is 16.0. The normalized spacial score (nSPS) is 16.5. The summed E-state index contributed by atoms with van der Waals surface area (Å²) in [5, 5.41) is 2.55. The van der Waals surface area contributed by atoms with Gasteiger partial charge in [0.25, 0.3) is 0 Å². The molecule has 0 amide bonds. The van der Waals surface area contributed by atoms with Gasteiger partial charge in [0.2, 0.25) is 0 Å². The van der Waals surface area contributed by atoms with Crippen LogP contribution in [-0.4, -0.2) is 4.57 Å². The van der Waals surface area contributed by atoms with Crippen molar-refractivity contribution in [1.82, 2.24) is 4.57 Å². The molecule has 1 aromatic heterocycles. The van der Waals surface area contributed by atoms with Gasteiger partial charge in [0.05, 0.1) is 0 Å². The summed E-state index contributed by atoms with van der Waals surface area (Å²) in [5.41, 5.74) is 7.06. The maximum absolute atomic E-state index is 4.36. The molecule has 5 rings (SSSR count). The Bertz CT molecular complexity index is 1270. The number of anilines is 2. The van der Waals surface area contributed by atoms with E-state index in [1.165, 1.54) is 33.1 Å². The van der Waals surface area contributed by atoms with Crippen molar-refractivity contribution < 1.29 is 0 Å². The molecule has 2 heterocycles. The van der Waals surface area contributed by atoms with E-state index in [-0.39, 0.29) is 0 Å². The highest BCUT2D eigenvalue weighted by atomic mass is 15.1. The van der Waals surface area contributed by atoms with Crippen LogP contribution in [0.1, 0.15) is 5.56 Å². The second-order valence-electron chi connectivity index (χ2n) is 7.22. The number of rotatable bonds is 1. The third-order valence-electron chi connectivity index (χ3n) is 5.55. The van der Waals surface area contributed by atoms with Gasteiger partial charge in [-0.15, -0.1) is 0 Å². The summed E-state index contributed by atoms with van der Waals surface area (Å²) in [7, 11) is 2.13. The molecule has 28 heavy (non-hydrogen) atoms. The first-order valence-corrected chi connectivity index (χ1v) is 9.61. The summed E-state index contributed by atoms with van der Waals surface area (Å²) in [6.45, 7) is 4.36. The topological polar surface area (TPSA) is 8.17 Å². The minimum absolute atomic E-state index is 0.904. The molecule has 4 aromatic rings. The van der Waals surface area contributed by atoms with Crippen molar-refractivity contribution in [1.29, 1.82) is 0 Å². The number of benzene rings is 3. The summed E-state index contributed by atoms with van der Waals surface area (Å²) >= 11 is 0. The number of aromatic nitrogens is 1. The van der Waals surface area contributed by atoms with Crippen molar-refractivity contribution in [2.24, 2.45) is 7.05 Å². The highest BCUT2D eigenvalue weighted by molar-refractivity contribution is 6.09. The molecule has 0 N–H and O–H groups in total. The second-order valence-corrected chi connectivity index (χ2v) is 7.22. The van der Waals surface area contributed by atoms with Gasteiger partial charge in [-0.3, -0.25) is 0 Å². The van der Waals surface area contributed by atoms with Crippen molar-refractivity contribution in [2.75, 3.05) is 4.90 Å². The van der Waals surface area contributed by atoms with Crippen LogP contribution in [-0.2, 0) is 13.5 Å². The van der Waals surface area contributed by atoms with Gasteiger partial charge < -0.3 is 9.47 Å². The molecule has 0 saturated carbocycles. The molecule has 0 radical (unpaired) electrons. The van der Waals surface area contributed by atoms with E-state index in [9.17, 15) is 0 Å². The minimum Gasteiger partial charge on any atom is -0.344 e. The Balaban J connectivity index is 1.76. The predicted molar refractivity (Wildman–Crippen MR) is 120 cm³/mol. The summed E-state index contributed by atoms with van der Waals surface area (Å²) in [6.07, 6.45) is 9.34. The Labute approximate surface area is 165 Å². The van der Waals surface area contributed by atoms with Crippen molar-refractivity contribution in [3.8, 4) is 0 Å². The number of hydrogen-bond acceptors (Lipinski definition) is 1. The van der Waals surface area contributed by atoms with Gasteiger partial charge in [-0.1, -0.05) is 61.2 Å². The SMILES string of the molecule is C=C1/C=C\C=C/Cc2ccccc2N1c1ccc2c(c1)c1ccccc1n2C. The lowest BCUT2D eigenvalue weighted by Gasteiger charge is -2.27. The van der Waals surface area contributed by atoms with Crippen LogP contribution in [0.15, 0.2) is 103 Å². The summed E-state index contributed by atoms with van der Waals surface area (Å²) in [5.74, 6) is 0. The molecule has 0 bridgehead atoms. The van der Waals surface area contributed by atoms with Gasteiger partial charge in [-0.25, -0.2) is 0 Å². The molecule has 0 aliphatic carbocycles. The zero-order chi connectivity index (χ0) is 19.1. The number of fused-ring (bicyclic) bond motifs is 4. The Morgan fingerprint density at radius 1 is 0.821 bits per heavy atom. The van der Waals surface area contributed by atoms with E-state index < -0.39 is 0 Å². The van der Waals surface area contributed by atoms with Crippen LogP contribution in [0, 0.1) is 0 Å². The van der Waals surface area contributed by atoms with Crippen LogP contribution < -0.4 is 4.90 Å². The molecule has 2 nitrogen and oxygen atoms in total. The molecule has 0 saturated heterocycles. The molecular weight excluding hydrogens is 340 g/mol. The Morgan fingerprint density at radius 2 is 1.61 bits per heavy atom. The molecule has 1 aliphatic heterocycles. The predicted octanol–water partition coefficient (Wildman–Crippen LogP) is 6.65. The molecule has 0 unspecified atom stereocenters. The summed E-state index contributed by atoms with van der Waals surface area (Å²) in [4.78, 5) is 2.26. The lowest BCUT2D eigenvalue weighted by Crippen LogP contribution is -2.15. The standard InChI is InChI=1S/C26H22N2/c1-19-10-4-3-5-11-20-12-6-8-14-24(20)28(19)21-16-17-26-23(18-21)22-13-7-9-15-25(22)27(26)2/h3-10,12-18H,1,11H2,2H3/b5-3-,10-4-. The van der Waals surface area contributed by atoms with Gasteiger partial charge in [0, 0.05) is 45.9 Å². The maximum Gasteiger partial charge on any atom is 0.0496 e. The monoisotopic (exact) mass is 362 g/mol. The molecule has 1 aliphatic rings. The lowest BCUT2D eigenvalue weighted by atomic mass is 10.1. The third-order valence-corrected chi connectivity index (χ3v) is 5.55. The molecule has 0 atom stereocenters. The maximum atomic E-state index is 4.36. The fourth-order valence-corrected chi connectivity index (χ4v) is 4.17. The Hall–Kier alpha value is -3.52. The third kappa shape index (κ3) is 2.57. The first kappa shape index (κ1) is 16.6. The fraction of sp³-hybridized carbons (Fsp3) is 0.0769. The van der Waals surface area contributed by atoms with E-state index in [1.807, 2.05) is 0 Å². The average Bonchev–Trinajstić information content (AvgIpc) is 3.04. The Kier molecular flexibility index (Phi) is 3.91. The molecule has 3 aromatic carbocycles. The molecule has 0 fully saturated rings. The average molecular weight is 362 g/mol. The van der Waals surface area contributed by atoms with E-state index in [2.05, 4.69) is 114 Å². The molecule has 2 heteroatoms. The quantitative estimate of drug-likeness (QED) is 0.368. The highest BCUT2D eigenvalue weighted by Crippen LogP contribution is 2.37. The molecular formula is C26H22N2. The minimum atomic E-state index is 0.904. The number of para-hydroxylation sites is 2. The number of nitrogens with zero attached hydrogens (tertiary/aromatic N) is 2. The van der Waals surface area contributed by atoms with E-state index >= 15 is 0 Å². The second kappa shape index (κ2) is 6.58.